The lowest BCUT2D eigenvalue weighted by molar-refractivity contribution is 0.0888. The van der Waals surface area contributed by atoms with Gasteiger partial charge in [0.05, 0.1) is 11.2 Å². The maximum atomic E-state index is 12.4. The fraction of sp³-hybridized carbons (Fsp3) is 0.692. The van der Waals surface area contributed by atoms with Crippen molar-refractivity contribution in [3.63, 3.8) is 0 Å². The van der Waals surface area contributed by atoms with Gasteiger partial charge in [-0.05, 0) is 12.8 Å². The van der Waals surface area contributed by atoms with Crippen molar-refractivity contribution in [1.82, 2.24) is 9.78 Å². The first-order chi connectivity index (χ1) is 8.20. The van der Waals surface area contributed by atoms with Crippen molar-refractivity contribution in [1.29, 1.82) is 0 Å². The number of ketones is 1. The summed E-state index contributed by atoms with van der Waals surface area (Å²) in [5.41, 5.74) is 0.581. The molecule has 1 aliphatic carbocycles. The van der Waals surface area contributed by atoms with Crippen molar-refractivity contribution in [2.75, 3.05) is 0 Å². The molecule has 0 unspecified atom stereocenters. The number of nitrogens with zero attached hydrogens (tertiary/aromatic N) is 2. The van der Waals surface area contributed by atoms with Crippen molar-refractivity contribution in [3.05, 3.63) is 16.9 Å². The van der Waals surface area contributed by atoms with Crippen LogP contribution in [0.1, 0.15) is 55.4 Å². The van der Waals surface area contributed by atoms with E-state index in [1.54, 1.807) is 17.9 Å². The molecule has 1 aromatic rings. The van der Waals surface area contributed by atoms with E-state index >= 15 is 0 Å². The van der Waals surface area contributed by atoms with Gasteiger partial charge in [0.1, 0.15) is 5.69 Å². The fourth-order valence-corrected chi connectivity index (χ4v) is 2.86. The number of carbonyl (C=O) groups is 1. The highest BCUT2D eigenvalue weighted by atomic mass is 35.5. The van der Waals surface area contributed by atoms with Crippen molar-refractivity contribution in [3.8, 4) is 0 Å². The first-order valence-electron chi connectivity index (χ1n) is 6.42. The van der Waals surface area contributed by atoms with Crippen LogP contribution >= 0.6 is 11.6 Å². The highest BCUT2D eigenvalue weighted by Crippen LogP contribution is 2.27. The number of Topliss-reactive ketones (excluding diaryl/α,β-unsaturated/α-hetero) is 1. The Morgan fingerprint density at radius 1 is 1.29 bits per heavy atom. The first-order valence-corrected chi connectivity index (χ1v) is 6.79. The molecule has 2 rings (SSSR count). The van der Waals surface area contributed by atoms with Crippen LogP contribution < -0.4 is 0 Å². The zero-order chi connectivity index (χ0) is 12.3. The largest absolute Gasteiger partial charge is 0.292 e. The third-order valence-corrected chi connectivity index (χ3v) is 3.88. The number of rotatable bonds is 2. The monoisotopic (exact) mass is 254 g/mol. The Bertz CT molecular complexity index is 373. The predicted octanol–water partition coefficient (Wildman–Crippen LogP) is 3.62. The van der Waals surface area contributed by atoms with Crippen LogP contribution in [0.4, 0.5) is 0 Å². The molecule has 94 valence electrons. The SMILES string of the molecule is Cn1ncc(Cl)c1C(=O)C1CCCCCCC1. The van der Waals surface area contributed by atoms with Gasteiger partial charge in [-0.1, -0.05) is 43.7 Å². The van der Waals surface area contributed by atoms with Crippen molar-refractivity contribution in [2.45, 2.75) is 44.9 Å². The Kier molecular flexibility index (Phi) is 4.21. The number of halogens is 1. The second-order valence-electron chi connectivity index (χ2n) is 4.87. The Hall–Kier alpha value is -0.830. The summed E-state index contributed by atoms with van der Waals surface area (Å²) < 4.78 is 1.60. The summed E-state index contributed by atoms with van der Waals surface area (Å²) in [6.07, 6.45) is 9.69. The topological polar surface area (TPSA) is 34.9 Å². The number of carbonyl (C=O) groups excluding carboxylic acids is 1. The number of hydrogen-bond donors (Lipinski definition) is 0. The van der Waals surface area contributed by atoms with Crippen molar-refractivity contribution >= 4 is 17.4 Å². The normalized spacial score (nSPS) is 18.7. The smallest absolute Gasteiger partial charge is 0.185 e. The van der Waals surface area contributed by atoms with Crippen molar-refractivity contribution < 1.29 is 4.79 Å². The molecule has 0 atom stereocenters. The van der Waals surface area contributed by atoms with E-state index in [9.17, 15) is 4.79 Å². The van der Waals surface area contributed by atoms with E-state index in [1.807, 2.05) is 0 Å². The Morgan fingerprint density at radius 2 is 1.88 bits per heavy atom. The Morgan fingerprint density at radius 3 is 2.41 bits per heavy atom. The average molecular weight is 255 g/mol. The lowest BCUT2D eigenvalue weighted by Crippen LogP contribution is -2.19. The minimum absolute atomic E-state index is 0.142. The van der Waals surface area contributed by atoms with Crippen LogP contribution in [0.2, 0.25) is 5.02 Å². The number of aryl methyl sites for hydroxylation is 1. The third kappa shape index (κ3) is 2.89. The zero-order valence-corrected chi connectivity index (χ0v) is 11.0. The zero-order valence-electron chi connectivity index (χ0n) is 10.3. The highest BCUT2D eigenvalue weighted by molar-refractivity contribution is 6.33. The fourth-order valence-electron chi connectivity index (χ4n) is 2.60. The molecule has 0 bridgehead atoms. The summed E-state index contributed by atoms with van der Waals surface area (Å²) in [4.78, 5) is 12.4. The number of aromatic nitrogens is 2. The van der Waals surface area contributed by atoms with Gasteiger partial charge in [0.15, 0.2) is 5.78 Å². The standard InChI is InChI=1S/C13H19ClN2O/c1-16-12(11(14)9-15-16)13(17)10-7-5-3-2-4-6-8-10/h9-10H,2-8H2,1H3. The van der Waals surface area contributed by atoms with Gasteiger partial charge in [-0.15, -0.1) is 0 Å². The summed E-state index contributed by atoms with van der Waals surface area (Å²) in [5, 5.41) is 4.52. The van der Waals surface area contributed by atoms with Crippen LogP contribution in [0.5, 0.6) is 0 Å². The van der Waals surface area contributed by atoms with Crippen LogP contribution in [0.25, 0.3) is 0 Å². The maximum Gasteiger partial charge on any atom is 0.185 e. The summed E-state index contributed by atoms with van der Waals surface area (Å²) in [6.45, 7) is 0. The summed E-state index contributed by atoms with van der Waals surface area (Å²) in [7, 11) is 1.78. The summed E-state index contributed by atoms with van der Waals surface area (Å²) >= 11 is 6.03. The van der Waals surface area contributed by atoms with E-state index in [4.69, 9.17) is 11.6 Å². The maximum absolute atomic E-state index is 12.4. The van der Waals surface area contributed by atoms with Gasteiger partial charge < -0.3 is 0 Å². The molecular weight excluding hydrogens is 236 g/mol. The van der Waals surface area contributed by atoms with Gasteiger partial charge in [0.25, 0.3) is 0 Å². The molecular formula is C13H19ClN2O. The molecule has 17 heavy (non-hydrogen) atoms. The van der Waals surface area contributed by atoms with Crippen LogP contribution in [0.15, 0.2) is 6.20 Å². The molecule has 4 heteroatoms. The van der Waals surface area contributed by atoms with E-state index in [1.165, 1.54) is 19.3 Å². The van der Waals surface area contributed by atoms with E-state index in [0.29, 0.717) is 10.7 Å². The molecule has 0 N–H and O–H groups in total. The summed E-state index contributed by atoms with van der Waals surface area (Å²) in [5.74, 6) is 0.320. The van der Waals surface area contributed by atoms with E-state index in [0.717, 1.165) is 25.7 Å². The quantitative estimate of drug-likeness (QED) is 0.756. The predicted molar refractivity (Wildman–Crippen MR) is 68.4 cm³/mol. The second-order valence-corrected chi connectivity index (χ2v) is 5.28. The molecule has 0 radical (unpaired) electrons. The lowest BCUT2D eigenvalue weighted by atomic mass is 9.87. The van der Waals surface area contributed by atoms with Gasteiger partial charge in [-0.3, -0.25) is 9.48 Å². The van der Waals surface area contributed by atoms with Crippen molar-refractivity contribution in [2.24, 2.45) is 13.0 Å². The Balaban J connectivity index is 2.12. The van der Waals surface area contributed by atoms with Gasteiger partial charge in [-0.2, -0.15) is 5.10 Å². The van der Waals surface area contributed by atoms with Crippen LogP contribution in [-0.2, 0) is 7.05 Å². The second kappa shape index (κ2) is 5.67. The Labute approximate surface area is 107 Å². The van der Waals surface area contributed by atoms with Gasteiger partial charge in [-0.25, -0.2) is 0 Å². The van der Waals surface area contributed by atoms with Crippen LogP contribution in [0, 0.1) is 5.92 Å². The van der Waals surface area contributed by atoms with Gasteiger partial charge >= 0.3 is 0 Å². The van der Waals surface area contributed by atoms with Gasteiger partial charge in [0, 0.05) is 13.0 Å². The third-order valence-electron chi connectivity index (χ3n) is 3.60. The first kappa shape index (κ1) is 12.6. The summed E-state index contributed by atoms with van der Waals surface area (Å²) in [6, 6.07) is 0. The molecule has 1 aliphatic rings. The van der Waals surface area contributed by atoms with E-state index in [-0.39, 0.29) is 11.7 Å². The minimum Gasteiger partial charge on any atom is -0.292 e. The molecule has 1 heterocycles. The average Bonchev–Trinajstić information content (AvgIpc) is 2.57. The lowest BCUT2D eigenvalue weighted by Gasteiger charge is -2.18. The number of hydrogen-bond acceptors (Lipinski definition) is 2. The molecule has 3 nitrogen and oxygen atoms in total. The molecule has 1 aromatic heterocycles. The molecule has 0 saturated heterocycles. The molecule has 1 saturated carbocycles. The highest BCUT2D eigenvalue weighted by Gasteiger charge is 2.25. The van der Waals surface area contributed by atoms with E-state index in [2.05, 4.69) is 5.10 Å². The molecule has 0 aromatic carbocycles. The van der Waals surface area contributed by atoms with E-state index < -0.39 is 0 Å². The van der Waals surface area contributed by atoms with Crippen LogP contribution in [-0.4, -0.2) is 15.6 Å². The van der Waals surface area contributed by atoms with Gasteiger partial charge in [0.2, 0.25) is 0 Å². The minimum atomic E-state index is 0.142. The molecule has 0 amide bonds. The molecule has 0 aliphatic heterocycles. The molecule has 1 fully saturated rings. The van der Waals surface area contributed by atoms with Crippen LogP contribution in [0.3, 0.4) is 0 Å². The molecule has 0 spiro atoms.